The summed E-state index contributed by atoms with van der Waals surface area (Å²) in [5, 5.41) is 24.4. The van der Waals surface area contributed by atoms with Gasteiger partial charge in [0.1, 0.15) is 12.1 Å². The molecular formula is C15H18N6. The number of nitriles is 2. The number of nitrogens with one attached hydrogen (secondary N) is 2. The van der Waals surface area contributed by atoms with Crippen molar-refractivity contribution in [2.24, 2.45) is 5.10 Å². The summed E-state index contributed by atoms with van der Waals surface area (Å²) in [4.78, 5) is 2.34. The molecule has 1 aliphatic heterocycles. The maximum absolute atomic E-state index is 8.59. The number of hydrazone groups is 1. The van der Waals surface area contributed by atoms with Gasteiger partial charge in [-0.1, -0.05) is 0 Å². The Morgan fingerprint density at radius 2 is 1.71 bits per heavy atom. The first-order valence-corrected chi connectivity index (χ1v) is 6.90. The van der Waals surface area contributed by atoms with E-state index in [2.05, 4.69) is 27.8 Å². The van der Waals surface area contributed by atoms with Gasteiger partial charge in [0.15, 0.2) is 0 Å². The Bertz CT molecular complexity index is 554. The smallest absolute Gasteiger partial charge is 0.237 e. The van der Waals surface area contributed by atoms with Crippen LogP contribution in [0.2, 0.25) is 0 Å². The third kappa shape index (κ3) is 4.48. The van der Waals surface area contributed by atoms with E-state index in [9.17, 15) is 0 Å². The molecule has 1 fully saturated rings. The van der Waals surface area contributed by atoms with Crippen molar-refractivity contribution in [2.75, 3.05) is 30.9 Å². The number of hydrogen-bond acceptors (Lipinski definition) is 6. The molecule has 1 aliphatic rings. The highest BCUT2D eigenvalue weighted by Gasteiger charge is 2.15. The zero-order valence-electron chi connectivity index (χ0n) is 12.0. The largest absolute Gasteiger partial charge is 0.382 e. The lowest BCUT2D eigenvalue weighted by Crippen LogP contribution is -2.36. The predicted octanol–water partition coefficient (Wildman–Crippen LogP) is 2.01. The molecule has 0 saturated carbocycles. The van der Waals surface area contributed by atoms with Crippen molar-refractivity contribution in [3.05, 3.63) is 24.3 Å². The third-order valence-electron chi connectivity index (χ3n) is 3.48. The molecule has 1 aromatic carbocycles. The number of anilines is 2. The number of benzene rings is 1. The monoisotopic (exact) mass is 282 g/mol. The van der Waals surface area contributed by atoms with Crippen LogP contribution in [-0.2, 0) is 0 Å². The fourth-order valence-corrected chi connectivity index (χ4v) is 2.23. The summed E-state index contributed by atoms with van der Waals surface area (Å²) in [6.07, 6.45) is 2.29. The summed E-state index contributed by atoms with van der Waals surface area (Å²) in [6, 6.07) is 11.6. The van der Waals surface area contributed by atoms with Crippen LogP contribution in [0.5, 0.6) is 0 Å². The van der Waals surface area contributed by atoms with Crippen molar-refractivity contribution in [1.29, 1.82) is 10.5 Å². The second kappa shape index (κ2) is 7.28. The number of piperidine rings is 1. The van der Waals surface area contributed by atoms with Crippen LogP contribution in [0.1, 0.15) is 12.8 Å². The van der Waals surface area contributed by atoms with Gasteiger partial charge in [0.05, 0.1) is 5.69 Å². The molecule has 1 saturated heterocycles. The average molecular weight is 282 g/mol. The predicted molar refractivity (Wildman–Crippen MR) is 82.9 cm³/mol. The van der Waals surface area contributed by atoms with Gasteiger partial charge in [0, 0.05) is 11.7 Å². The Kier molecular flexibility index (Phi) is 5.14. The van der Waals surface area contributed by atoms with Crippen LogP contribution in [0.4, 0.5) is 11.4 Å². The van der Waals surface area contributed by atoms with Gasteiger partial charge < -0.3 is 10.2 Å². The standard InChI is InChI=1S/C15H18N6/c1-21-8-6-13(7-9-21)18-12-2-4-14(5-3-12)19-20-15(10-16)11-17/h2-5,13,18-19H,6-9H2,1H3. The summed E-state index contributed by atoms with van der Waals surface area (Å²) in [6.45, 7) is 2.24. The van der Waals surface area contributed by atoms with Crippen molar-refractivity contribution in [1.82, 2.24) is 4.90 Å². The van der Waals surface area contributed by atoms with Crippen LogP contribution >= 0.6 is 0 Å². The molecule has 0 bridgehead atoms. The molecule has 0 unspecified atom stereocenters. The summed E-state index contributed by atoms with van der Waals surface area (Å²) in [5.74, 6) is 0. The second-order valence-corrected chi connectivity index (χ2v) is 5.10. The second-order valence-electron chi connectivity index (χ2n) is 5.10. The van der Waals surface area contributed by atoms with Crippen LogP contribution < -0.4 is 10.7 Å². The number of rotatable bonds is 4. The van der Waals surface area contributed by atoms with Crippen LogP contribution in [0.3, 0.4) is 0 Å². The van der Waals surface area contributed by atoms with E-state index in [1.54, 1.807) is 12.1 Å². The summed E-state index contributed by atoms with van der Waals surface area (Å²) in [5.41, 5.74) is 4.31. The minimum Gasteiger partial charge on any atom is -0.382 e. The van der Waals surface area contributed by atoms with Crippen molar-refractivity contribution < 1.29 is 0 Å². The normalized spacial score (nSPS) is 15.6. The van der Waals surface area contributed by atoms with Gasteiger partial charge in [0.2, 0.25) is 5.71 Å². The zero-order chi connectivity index (χ0) is 15.1. The molecule has 0 atom stereocenters. The highest BCUT2D eigenvalue weighted by Crippen LogP contribution is 2.18. The highest BCUT2D eigenvalue weighted by molar-refractivity contribution is 6.10. The van der Waals surface area contributed by atoms with Crippen molar-refractivity contribution in [3.8, 4) is 12.1 Å². The Morgan fingerprint density at radius 1 is 1.14 bits per heavy atom. The summed E-state index contributed by atoms with van der Waals surface area (Å²) in [7, 11) is 2.15. The SMILES string of the molecule is CN1CCC(Nc2ccc(NN=C(C#N)C#N)cc2)CC1. The van der Waals surface area contributed by atoms with Gasteiger partial charge >= 0.3 is 0 Å². The Balaban J connectivity index is 1.89. The van der Waals surface area contributed by atoms with E-state index >= 15 is 0 Å². The minimum atomic E-state index is -0.191. The van der Waals surface area contributed by atoms with Crippen LogP contribution in [-0.4, -0.2) is 36.8 Å². The van der Waals surface area contributed by atoms with Crippen LogP contribution in [0.15, 0.2) is 29.4 Å². The first kappa shape index (κ1) is 14.8. The van der Waals surface area contributed by atoms with Gasteiger partial charge in [-0.2, -0.15) is 15.6 Å². The molecule has 1 heterocycles. The van der Waals surface area contributed by atoms with Gasteiger partial charge in [0.25, 0.3) is 0 Å². The fourth-order valence-electron chi connectivity index (χ4n) is 2.23. The molecule has 0 aliphatic carbocycles. The molecule has 21 heavy (non-hydrogen) atoms. The zero-order valence-corrected chi connectivity index (χ0v) is 12.0. The van der Waals surface area contributed by atoms with E-state index in [4.69, 9.17) is 10.5 Å². The maximum Gasteiger partial charge on any atom is 0.237 e. The molecule has 0 aromatic heterocycles. The van der Waals surface area contributed by atoms with E-state index in [0.29, 0.717) is 6.04 Å². The average Bonchev–Trinajstić information content (AvgIpc) is 2.52. The molecule has 0 spiro atoms. The maximum atomic E-state index is 8.59. The Labute approximate surface area is 124 Å². The first-order valence-electron chi connectivity index (χ1n) is 6.90. The molecule has 2 rings (SSSR count). The van der Waals surface area contributed by atoms with Crippen molar-refractivity contribution in [3.63, 3.8) is 0 Å². The van der Waals surface area contributed by atoms with E-state index in [0.717, 1.165) is 37.3 Å². The lowest BCUT2D eigenvalue weighted by Gasteiger charge is -2.30. The van der Waals surface area contributed by atoms with E-state index in [-0.39, 0.29) is 5.71 Å². The Morgan fingerprint density at radius 3 is 2.29 bits per heavy atom. The quantitative estimate of drug-likeness (QED) is 0.651. The Hall–Kier alpha value is -2.57. The molecule has 6 heteroatoms. The summed E-state index contributed by atoms with van der Waals surface area (Å²) < 4.78 is 0. The molecule has 6 nitrogen and oxygen atoms in total. The van der Waals surface area contributed by atoms with E-state index in [1.807, 2.05) is 24.3 Å². The minimum absolute atomic E-state index is 0.191. The molecule has 1 aromatic rings. The van der Waals surface area contributed by atoms with Crippen LogP contribution in [0.25, 0.3) is 0 Å². The first-order chi connectivity index (χ1) is 10.2. The fraction of sp³-hybridized carbons (Fsp3) is 0.400. The third-order valence-corrected chi connectivity index (χ3v) is 3.48. The number of hydrogen-bond donors (Lipinski definition) is 2. The van der Waals surface area contributed by atoms with E-state index < -0.39 is 0 Å². The highest BCUT2D eigenvalue weighted by atomic mass is 15.3. The number of likely N-dealkylation sites (tertiary alicyclic amines) is 1. The topological polar surface area (TPSA) is 87.2 Å². The van der Waals surface area contributed by atoms with Crippen molar-refractivity contribution >= 4 is 17.1 Å². The number of nitrogens with zero attached hydrogens (tertiary/aromatic N) is 4. The lowest BCUT2D eigenvalue weighted by molar-refractivity contribution is 0.264. The summed E-state index contributed by atoms with van der Waals surface area (Å²) >= 11 is 0. The molecule has 2 N–H and O–H groups in total. The van der Waals surface area contributed by atoms with Gasteiger partial charge in [-0.15, -0.1) is 0 Å². The van der Waals surface area contributed by atoms with Crippen LogP contribution in [0, 0.1) is 22.7 Å². The molecule has 108 valence electrons. The molecule has 0 radical (unpaired) electrons. The molecule has 0 amide bonds. The van der Waals surface area contributed by atoms with Gasteiger partial charge in [-0.3, -0.25) is 5.43 Å². The van der Waals surface area contributed by atoms with E-state index in [1.165, 1.54) is 0 Å². The lowest BCUT2D eigenvalue weighted by atomic mass is 10.1. The van der Waals surface area contributed by atoms with Gasteiger partial charge in [-0.25, -0.2) is 0 Å². The van der Waals surface area contributed by atoms with Gasteiger partial charge in [-0.05, 0) is 57.2 Å². The van der Waals surface area contributed by atoms with Crippen molar-refractivity contribution in [2.45, 2.75) is 18.9 Å². The molecular weight excluding hydrogens is 264 g/mol.